The van der Waals surface area contributed by atoms with Crippen molar-refractivity contribution in [2.75, 3.05) is 0 Å². The number of imidazole rings is 1. The molecule has 8 nitrogen and oxygen atoms in total. The first-order valence-corrected chi connectivity index (χ1v) is 14.0. The number of amides is 1. The molecule has 0 aliphatic rings. The lowest BCUT2D eigenvalue weighted by Gasteiger charge is -2.31. The minimum absolute atomic E-state index is 0.0827. The van der Waals surface area contributed by atoms with E-state index in [4.69, 9.17) is 0 Å². The van der Waals surface area contributed by atoms with Gasteiger partial charge in [-0.3, -0.25) is 9.59 Å². The molecule has 220 valence electrons. The van der Waals surface area contributed by atoms with Gasteiger partial charge in [0.15, 0.2) is 0 Å². The third-order valence-electron chi connectivity index (χ3n) is 7.19. The number of benzene rings is 3. The molecule has 0 fully saturated rings. The highest BCUT2D eigenvalue weighted by Gasteiger charge is 2.36. The number of carboxylic acid groups (broad SMARTS) is 1. The molecular weight excluding hydrogens is 537 g/mol. The van der Waals surface area contributed by atoms with E-state index in [0.29, 0.717) is 11.3 Å². The number of hydrogen-bond donors (Lipinski definition) is 4. The van der Waals surface area contributed by atoms with Crippen LogP contribution in [-0.2, 0) is 11.3 Å². The zero-order valence-electron chi connectivity index (χ0n) is 23.9. The zero-order chi connectivity index (χ0) is 30.4. The third kappa shape index (κ3) is 6.92. The molecule has 1 amide bonds. The van der Waals surface area contributed by atoms with Gasteiger partial charge in [0.25, 0.3) is 5.91 Å². The summed E-state index contributed by atoms with van der Waals surface area (Å²) in [5.41, 5.74) is 3.90. The lowest BCUT2D eigenvalue weighted by molar-refractivity contribution is -0.140. The number of rotatable bonds is 12. The number of carboxylic acids is 1. The molecule has 4 N–H and O–H groups in total. The second kappa shape index (κ2) is 13.5. The van der Waals surface area contributed by atoms with Crippen molar-refractivity contribution in [2.24, 2.45) is 0 Å². The van der Waals surface area contributed by atoms with E-state index in [1.54, 1.807) is 11.5 Å². The number of halogens is 1. The highest BCUT2D eigenvalue weighted by Crippen LogP contribution is 2.35. The molecule has 3 atom stereocenters. The third-order valence-corrected chi connectivity index (χ3v) is 7.19. The van der Waals surface area contributed by atoms with Crippen molar-refractivity contribution in [1.82, 2.24) is 14.9 Å². The summed E-state index contributed by atoms with van der Waals surface area (Å²) in [6.07, 6.45) is -3.06. The summed E-state index contributed by atoms with van der Waals surface area (Å²) in [6, 6.07) is 22.1. The molecule has 0 spiro atoms. The Morgan fingerprint density at radius 1 is 0.905 bits per heavy atom. The van der Waals surface area contributed by atoms with Crippen LogP contribution in [-0.4, -0.2) is 49.0 Å². The number of nitrogens with one attached hydrogen (secondary N) is 1. The summed E-state index contributed by atoms with van der Waals surface area (Å²) in [4.78, 5) is 29.9. The molecule has 3 aromatic carbocycles. The van der Waals surface area contributed by atoms with Gasteiger partial charge in [0.2, 0.25) is 0 Å². The van der Waals surface area contributed by atoms with Gasteiger partial charge < -0.3 is 25.2 Å². The maximum Gasteiger partial charge on any atom is 0.306 e. The van der Waals surface area contributed by atoms with Crippen LogP contribution in [0.1, 0.15) is 67.3 Å². The van der Waals surface area contributed by atoms with E-state index in [-0.39, 0.29) is 30.4 Å². The van der Waals surface area contributed by atoms with Gasteiger partial charge in [-0.1, -0.05) is 69.3 Å². The molecule has 0 aliphatic carbocycles. The maximum atomic E-state index is 13.8. The van der Waals surface area contributed by atoms with Crippen LogP contribution in [0.25, 0.3) is 22.5 Å². The number of nitrogens with zero attached hydrogens (tertiary/aromatic N) is 2. The minimum atomic E-state index is -1.49. The molecule has 4 rings (SSSR count). The minimum Gasteiger partial charge on any atom is -0.481 e. The Morgan fingerprint density at radius 2 is 1.57 bits per heavy atom. The van der Waals surface area contributed by atoms with Crippen LogP contribution in [0.5, 0.6) is 0 Å². The molecule has 1 unspecified atom stereocenters. The lowest BCUT2D eigenvalue weighted by atomic mass is 9.97. The second-order valence-electron chi connectivity index (χ2n) is 10.6. The standard InChI is InChI=1S/C33H36FN3O5/c1-4-26(38)31(27(39)18-28(40)41)37-30(20(2)3)29(36-32(37)23-13-15-25(34)16-14-23)33(42)35-19-21-9-8-12-24(17-21)22-10-6-5-7-11-22/h5-17,20,26-27,31,38-39H,4,18-19H2,1-3H3,(H,35,42)(H,40,41)/t26-,27-,31?/m1/s1. The fourth-order valence-electron chi connectivity index (χ4n) is 5.17. The quantitative estimate of drug-likeness (QED) is 0.176. The number of hydrogen-bond acceptors (Lipinski definition) is 5. The van der Waals surface area contributed by atoms with Crippen LogP contribution in [0, 0.1) is 5.82 Å². The van der Waals surface area contributed by atoms with Crippen LogP contribution < -0.4 is 5.32 Å². The Bertz CT molecular complexity index is 1520. The number of aromatic nitrogens is 2. The first-order valence-electron chi connectivity index (χ1n) is 14.0. The van der Waals surface area contributed by atoms with Gasteiger partial charge in [-0.2, -0.15) is 0 Å². The lowest BCUT2D eigenvalue weighted by Crippen LogP contribution is -2.37. The number of carbonyl (C=O) groups excluding carboxylic acids is 1. The molecule has 0 radical (unpaired) electrons. The van der Waals surface area contributed by atoms with Gasteiger partial charge in [0, 0.05) is 12.1 Å². The fourth-order valence-corrected chi connectivity index (χ4v) is 5.17. The molecule has 0 bridgehead atoms. The predicted octanol–water partition coefficient (Wildman–Crippen LogP) is 5.56. The Morgan fingerprint density at radius 3 is 2.19 bits per heavy atom. The van der Waals surface area contributed by atoms with Crippen LogP contribution in [0.2, 0.25) is 0 Å². The molecular formula is C33H36FN3O5. The van der Waals surface area contributed by atoms with Crippen molar-refractivity contribution in [2.45, 2.75) is 64.3 Å². The van der Waals surface area contributed by atoms with Gasteiger partial charge >= 0.3 is 5.97 Å². The normalized spacial score (nSPS) is 13.5. The number of aliphatic hydroxyl groups excluding tert-OH is 2. The van der Waals surface area contributed by atoms with Crippen LogP contribution in [0.15, 0.2) is 78.9 Å². The Labute approximate surface area is 244 Å². The average molecular weight is 574 g/mol. The zero-order valence-corrected chi connectivity index (χ0v) is 23.9. The highest BCUT2D eigenvalue weighted by molar-refractivity contribution is 5.94. The van der Waals surface area contributed by atoms with Crippen molar-refractivity contribution in [1.29, 1.82) is 0 Å². The fraction of sp³-hybridized carbons (Fsp3) is 0.303. The molecule has 9 heteroatoms. The number of aliphatic carboxylic acids is 1. The van der Waals surface area contributed by atoms with Crippen LogP contribution >= 0.6 is 0 Å². The van der Waals surface area contributed by atoms with E-state index < -0.39 is 42.4 Å². The maximum absolute atomic E-state index is 13.8. The molecule has 0 aliphatic heterocycles. The van der Waals surface area contributed by atoms with E-state index in [0.717, 1.165) is 16.7 Å². The van der Waals surface area contributed by atoms with Gasteiger partial charge in [0.1, 0.15) is 17.3 Å². The van der Waals surface area contributed by atoms with E-state index >= 15 is 0 Å². The second-order valence-corrected chi connectivity index (χ2v) is 10.6. The number of aliphatic hydroxyl groups is 2. The molecule has 42 heavy (non-hydrogen) atoms. The van der Waals surface area contributed by atoms with Gasteiger partial charge in [-0.15, -0.1) is 0 Å². The molecule has 1 heterocycles. The van der Waals surface area contributed by atoms with Gasteiger partial charge in [-0.05, 0) is 59.4 Å². The van der Waals surface area contributed by atoms with Crippen molar-refractivity contribution in [3.8, 4) is 22.5 Å². The van der Waals surface area contributed by atoms with E-state index in [1.165, 1.54) is 24.3 Å². The van der Waals surface area contributed by atoms with E-state index in [9.17, 15) is 29.3 Å². The Balaban J connectivity index is 1.77. The first kappa shape index (κ1) is 30.6. The van der Waals surface area contributed by atoms with E-state index in [1.807, 2.05) is 68.4 Å². The SMILES string of the molecule is CC[C@@H](O)C([C@H](O)CC(=O)O)n1c(-c2ccc(F)cc2)nc(C(=O)NCc2cccc(-c3ccccc3)c2)c1C(C)C. The van der Waals surface area contributed by atoms with Crippen molar-refractivity contribution in [3.05, 3.63) is 102 Å². The average Bonchev–Trinajstić information content (AvgIpc) is 3.37. The summed E-state index contributed by atoms with van der Waals surface area (Å²) in [5, 5.41) is 34.4. The Hall–Kier alpha value is -4.34. The van der Waals surface area contributed by atoms with Crippen molar-refractivity contribution in [3.63, 3.8) is 0 Å². The first-order chi connectivity index (χ1) is 20.1. The molecule has 0 saturated heterocycles. The van der Waals surface area contributed by atoms with E-state index in [2.05, 4.69) is 10.3 Å². The topological polar surface area (TPSA) is 125 Å². The smallest absolute Gasteiger partial charge is 0.306 e. The summed E-state index contributed by atoms with van der Waals surface area (Å²) >= 11 is 0. The van der Waals surface area contributed by atoms with Gasteiger partial charge in [-0.25, -0.2) is 9.37 Å². The Kier molecular flexibility index (Phi) is 9.88. The van der Waals surface area contributed by atoms with Gasteiger partial charge in [0.05, 0.1) is 30.4 Å². The summed E-state index contributed by atoms with van der Waals surface area (Å²) in [5.74, 6) is -2.26. The molecule has 1 aromatic heterocycles. The largest absolute Gasteiger partial charge is 0.481 e. The predicted molar refractivity (Wildman–Crippen MR) is 158 cm³/mol. The van der Waals surface area contributed by atoms with Crippen molar-refractivity contribution >= 4 is 11.9 Å². The van der Waals surface area contributed by atoms with Crippen molar-refractivity contribution < 1.29 is 29.3 Å². The summed E-state index contributed by atoms with van der Waals surface area (Å²) < 4.78 is 15.4. The number of carbonyl (C=O) groups is 2. The highest BCUT2D eigenvalue weighted by atomic mass is 19.1. The van der Waals surface area contributed by atoms with Crippen LogP contribution in [0.3, 0.4) is 0 Å². The monoisotopic (exact) mass is 573 g/mol. The summed E-state index contributed by atoms with van der Waals surface area (Å²) in [7, 11) is 0. The molecule has 0 saturated carbocycles. The molecule has 4 aromatic rings. The van der Waals surface area contributed by atoms with Crippen LogP contribution in [0.4, 0.5) is 4.39 Å². The summed E-state index contributed by atoms with van der Waals surface area (Å²) in [6.45, 7) is 5.63.